The molecule has 10 heavy (non-hydrogen) atoms. The van der Waals surface area contributed by atoms with Gasteiger partial charge in [0.25, 0.3) is 0 Å². The first-order valence-electron chi connectivity index (χ1n) is 4.21. The van der Waals surface area contributed by atoms with Crippen LogP contribution in [0.5, 0.6) is 0 Å². The molecule has 0 amide bonds. The number of aliphatic hydroxyl groups is 1. The zero-order valence-electron chi connectivity index (χ0n) is 6.16. The van der Waals surface area contributed by atoms with Crippen LogP contribution in [0.3, 0.4) is 0 Å². The summed E-state index contributed by atoms with van der Waals surface area (Å²) in [5.74, 6) is 1.78. The molecule has 2 fully saturated rings. The maximum Gasteiger partial charge on any atom is 0.0611 e. The van der Waals surface area contributed by atoms with E-state index in [-0.39, 0.29) is 6.10 Å². The fourth-order valence-electron chi connectivity index (χ4n) is 2.71. The minimum atomic E-state index is -0.0660. The number of fused-ring (bicyclic) bond motifs is 2. The van der Waals surface area contributed by atoms with E-state index in [0.29, 0.717) is 18.4 Å². The van der Waals surface area contributed by atoms with Gasteiger partial charge in [0.1, 0.15) is 0 Å². The van der Waals surface area contributed by atoms with E-state index in [1.807, 2.05) is 0 Å². The van der Waals surface area contributed by atoms with Crippen LogP contribution in [-0.4, -0.2) is 17.8 Å². The topological polar surface area (TPSA) is 46.2 Å². The van der Waals surface area contributed by atoms with Crippen LogP contribution >= 0.6 is 0 Å². The lowest BCUT2D eigenvalue weighted by molar-refractivity contribution is 0.0631. The molecule has 0 saturated heterocycles. The number of nitrogens with two attached hydrogens (primary N) is 1. The number of aliphatic hydroxyl groups excluding tert-OH is 1. The highest BCUT2D eigenvalue weighted by atomic mass is 16.3. The standard InChI is InChI=1S/C8H15NO/c9-4-7-5-1-2-6(3-5)8(7)10/h5-8,10H,1-4,9H2/t5-,6+,7+,8-/m0/s1. The molecule has 2 aliphatic rings. The van der Waals surface area contributed by atoms with Crippen LogP contribution in [0.15, 0.2) is 0 Å². The van der Waals surface area contributed by atoms with Gasteiger partial charge in [0, 0.05) is 5.92 Å². The zero-order chi connectivity index (χ0) is 7.14. The third-order valence-corrected chi connectivity index (χ3v) is 3.31. The Labute approximate surface area is 61.4 Å². The van der Waals surface area contributed by atoms with Gasteiger partial charge in [-0.2, -0.15) is 0 Å². The van der Waals surface area contributed by atoms with Crippen LogP contribution in [-0.2, 0) is 0 Å². The molecule has 0 radical (unpaired) electrons. The highest BCUT2D eigenvalue weighted by Gasteiger charge is 2.45. The molecule has 2 heteroatoms. The molecule has 0 aromatic heterocycles. The summed E-state index contributed by atoms with van der Waals surface area (Å²) in [4.78, 5) is 0. The zero-order valence-corrected chi connectivity index (χ0v) is 6.16. The third kappa shape index (κ3) is 0.722. The van der Waals surface area contributed by atoms with E-state index in [4.69, 9.17) is 5.73 Å². The first-order valence-corrected chi connectivity index (χ1v) is 4.21. The Bertz CT molecular complexity index is 135. The summed E-state index contributed by atoms with van der Waals surface area (Å²) in [7, 11) is 0. The van der Waals surface area contributed by atoms with Gasteiger partial charge in [0.05, 0.1) is 6.10 Å². The third-order valence-electron chi connectivity index (χ3n) is 3.31. The molecule has 4 atom stereocenters. The molecule has 2 saturated carbocycles. The van der Waals surface area contributed by atoms with Crippen molar-refractivity contribution in [2.75, 3.05) is 6.54 Å². The molecular weight excluding hydrogens is 126 g/mol. The first kappa shape index (κ1) is 6.62. The van der Waals surface area contributed by atoms with Gasteiger partial charge >= 0.3 is 0 Å². The van der Waals surface area contributed by atoms with Gasteiger partial charge in [-0.05, 0) is 37.6 Å². The van der Waals surface area contributed by atoms with Crippen molar-refractivity contribution in [2.45, 2.75) is 25.4 Å². The normalized spacial score (nSPS) is 52.2. The fraction of sp³-hybridized carbons (Fsp3) is 1.00. The summed E-state index contributed by atoms with van der Waals surface area (Å²) >= 11 is 0. The maximum absolute atomic E-state index is 9.60. The maximum atomic E-state index is 9.60. The summed E-state index contributed by atoms with van der Waals surface area (Å²) < 4.78 is 0. The molecule has 58 valence electrons. The molecule has 2 rings (SSSR count). The second-order valence-electron chi connectivity index (χ2n) is 3.72. The van der Waals surface area contributed by atoms with Crippen molar-refractivity contribution >= 4 is 0 Å². The molecule has 0 spiro atoms. The van der Waals surface area contributed by atoms with E-state index >= 15 is 0 Å². The summed E-state index contributed by atoms with van der Waals surface area (Å²) in [5.41, 5.74) is 5.55. The van der Waals surface area contributed by atoms with E-state index in [2.05, 4.69) is 0 Å². The van der Waals surface area contributed by atoms with Crippen molar-refractivity contribution in [3.05, 3.63) is 0 Å². The van der Waals surface area contributed by atoms with E-state index in [9.17, 15) is 5.11 Å². The average molecular weight is 141 g/mol. The Hall–Kier alpha value is -0.0800. The second-order valence-corrected chi connectivity index (χ2v) is 3.72. The molecule has 2 bridgehead atoms. The minimum Gasteiger partial charge on any atom is -0.392 e. The molecule has 2 nitrogen and oxygen atoms in total. The second kappa shape index (κ2) is 2.21. The van der Waals surface area contributed by atoms with Crippen LogP contribution in [0.2, 0.25) is 0 Å². The number of hydrogen-bond donors (Lipinski definition) is 2. The minimum absolute atomic E-state index is 0.0660. The van der Waals surface area contributed by atoms with Gasteiger partial charge in [-0.15, -0.1) is 0 Å². The Morgan fingerprint density at radius 3 is 2.40 bits per heavy atom. The average Bonchev–Trinajstić information content (AvgIpc) is 2.46. The smallest absolute Gasteiger partial charge is 0.0611 e. The van der Waals surface area contributed by atoms with Gasteiger partial charge in [-0.3, -0.25) is 0 Å². The van der Waals surface area contributed by atoms with Crippen molar-refractivity contribution in [1.29, 1.82) is 0 Å². The van der Waals surface area contributed by atoms with Crippen LogP contribution in [0.25, 0.3) is 0 Å². The van der Waals surface area contributed by atoms with E-state index < -0.39 is 0 Å². The molecule has 0 unspecified atom stereocenters. The lowest BCUT2D eigenvalue weighted by Gasteiger charge is -2.25. The largest absolute Gasteiger partial charge is 0.392 e. The van der Waals surface area contributed by atoms with Crippen molar-refractivity contribution in [2.24, 2.45) is 23.5 Å². The number of rotatable bonds is 1. The quantitative estimate of drug-likeness (QED) is 0.553. The van der Waals surface area contributed by atoms with Crippen LogP contribution in [0.4, 0.5) is 0 Å². The monoisotopic (exact) mass is 141 g/mol. The van der Waals surface area contributed by atoms with E-state index in [0.717, 1.165) is 5.92 Å². The van der Waals surface area contributed by atoms with Crippen LogP contribution < -0.4 is 5.73 Å². The summed E-state index contributed by atoms with van der Waals surface area (Å²) in [6.07, 6.45) is 3.72. The highest BCUT2D eigenvalue weighted by Crippen LogP contribution is 2.47. The first-order chi connectivity index (χ1) is 4.83. The Morgan fingerprint density at radius 2 is 2.00 bits per heavy atom. The van der Waals surface area contributed by atoms with Gasteiger partial charge < -0.3 is 10.8 Å². The van der Waals surface area contributed by atoms with Crippen molar-refractivity contribution in [3.8, 4) is 0 Å². The predicted molar refractivity (Wildman–Crippen MR) is 39.4 cm³/mol. The van der Waals surface area contributed by atoms with Gasteiger partial charge in [0.15, 0.2) is 0 Å². The summed E-state index contributed by atoms with van der Waals surface area (Å²) in [5, 5.41) is 9.60. The van der Waals surface area contributed by atoms with Crippen LogP contribution in [0, 0.1) is 17.8 Å². The number of hydrogen-bond acceptors (Lipinski definition) is 2. The summed E-state index contributed by atoms with van der Waals surface area (Å²) in [6, 6.07) is 0. The molecule has 0 aliphatic heterocycles. The molecule has 0 aromatic rings. The highest BCUT2D eigenvalue weighted by molar-refractivity contribution is 4.96. The lowest BCUT2D eigenvalue weighted by atomic mass is 9.86. The van der Waals surface area contributed by atoms with Crippen LogP contribution in [0.1, 0.15) is 19.3 Å². The Balaban J connectivity index is 2.10. The molecule has 0 aromatic carbocycles. The SMILES string of the molecule is NC[C@@H]1[C@H]2CC[C@H](C2)[C@@H]1O. The van der Waals surface area contributed by atoms with Crippen molar-refractivity contribution in [1.82, 2.24) is 0 Å². The molecular formula is C8H15NO. The van der Waals surface area contributed by atoms with E-state index in [1.165, 1.54) is 19.3 Å². The molecule has 3 N–H and O–H groups in total. The van der Waals surface area contributed by atoms with Gasteiger partial charge in [-0.25, -0.2) is 0 Å². The van der Waals surface area contributed by atoms with E-state index in [1.54, 1.807) is 0 Å². The molecule has 0 heterocycles. The summed E-state index contributed by atoms with van der Waals surface area (Å²) in [6.45, 7) is 0.683. The predicted octanol–water partition coefficient (Wildman–Crippen LogP) is 0.352. The fourth-order valence-corrected chi connectivity index (χ4v) is 2.71. The molecule has 2 aliphatic carbocycles. The van der Waals surface area contributed by atoms with Gasteiger partial charge in [-0.1, -0.05) is 0 Å². The Morgan fingerprint density at radius 1 is 1.30 bits per heavy atom. The van der Waals surface area contributed by atoms with Crippen molar-refractivity contribution in [3.63, 3.8) is 0 Å². The van der Waals surface area contributed by atoms with Crippen molar-refractivity contribution < 1.29 is 5.11 Å². The Kier molecular flexibility index (Phi) is 1.46. The lowest BCUT2D eigenvalue weighted by Crippen LogP contribution is -2.32. The van der Waals surface area contributed by atoms with Gasteiger partial charge in [0.2, 0.25) is 0 Å².